The first-order chi connectivity index (χ1) is 13.6. The average Bonchev–Trinajstić information content (AvgIpc) is 2.70. The molecule has 150 valence electrons. The molecule has 1 amide bonds. The summed E-state index contributed by atoms with van der Waals surface area (Å²) < 4.78 is 5.60. The van der Waals surface area contributed by atoms with E-state index in [1.165, 1.54) is 43.2 Å². The zero-order chi connectivity index (χ0) is 19.3. The maximum atomic E-state index is 12.8. The third kappa shape index (κ3) is 3.15. The number of fused-ring (bicyclic) bond motifs is 1. The normalized spacial score (nSPS) is 35.3. The Morgan fingerprint density at radius 1 is 1.04 bits per heavy atom. The molecule has 0 spiro atoms. The summed E-state index contributed by atoms with van der Waals surface area (Å²) in [4.78, 5) is 27.4. The first-order valence-electron chi connectivity index (χ1n) is 11.1. The third-order valence-corrected chi connectivity index (χ3v) is 8.04. The Morgan fingerprint density at radius 3 is 2.43 bits per heavy atom. The fourth-order valence-electron chi connectivity index (χ4n) is 6.95. The van der Waals surface area contributed by atoms with Crippen molar-refractivity contribution in [2.75, 3.05) is 13.7 Å². The predicted octanol–water partition coefficient (Wildman–Crippen LogP) is 4.14. The summed E-state index contributed by atoms with van der Waals surface area (Å²) in [5.41, 5.74) is 2.58. The van der Waals surface area contributed by atoms with Crippen LogP contribution in [0.1, 0.15) is 62.1 Å². The number of carbonyl (C=O) groups is 2. The number of carbonyl (C=O) groups excluding carboxylic acids is 2. The van der Waals surface area contributed by atoms with Crippen LogP contribution in [0.3, 0.4) is 0 Å². The molecule has 0 saturated heterocycles. The Hall–Kier alpha value is -1.84. The molecule has 1 aromatic rings. The number of nitrogens with zero attached hydrogens (tertiary/aromatic N) is 1. The van der Waals surface area contributed by atoms with Crippen molar-refractivity contribution in [3.63, 3.8) is 0 Å². The van der Waals surface area contributed by atoms with Crippen LogP contribution in [0.2, 0.25) is 0 Å². The van der Waals surface area contributed by atoms with Crippen molar-refractivity contribution in [2.45, 2.75) is 57.4 Å². The minimum absolute atomic E-state index is 0.0429. The van der Waals surface area contributed by atoms with Gasteiger partial charge in [-0.1, -0.05) is 24.3 Å². The molecule has 0 heterocycles. The third-order valence-electron chi connectivity index (χ3n) is 8.04. The van der Waals surface area contributed by atoms with Crippen LogP contribution in [0.15, 0.2) is 24.3 Å². The highest BCUT2D eigenvalue weighted by Crippen LogP contribution is 2.56. The molecule has 0 aromatic heterocycles. The van der Waals surface area contributed by atoms with Gasteiger partial charge in [-0.25, -0.2) is 0 Å². The fourth-order valence-corrected chi connectivity index (χ4v) is 6.95. The largest absolute Gasteiger partial charge is 0.455 e. The summed E-state index contributed by atoms with van der Waals surface area (Å²) in [6, 6.07) is 8.49. The Bertz CT molecular complexity index is 745. The molecule has 4 heteroatoms. The summed E-state index contributed by atoms with van der Waals surface area (Å²) in [5.74, 6) is 2.53. The van der Waals surface area contributed by atoms with Crippen molar-refractivity contribution in [2.24, 2.45) is 29.6 Å². The van der Waals surface area contributed by atoms with E-state index in [2.05, 4.69) is 18.2 Å². The number of hydrogen-bond donors (Lipinski definition) is 0. The molecule has 1 atom stereocenters. The van der Waals surface area contributed by atoms with Crippen LogP contribution in [-0.2, 0) is 20.7 Å². The second-order valence-electron chi connectivity index (χ2n) is 9.68. The van der Waals surface area contributed by atoms with E-state index in [0.29, 0.717) is 11.8 Å². The van der Waals surface area contributed by atoms with Crippen molar-refractivity contribution in [3.05, 3.63) is 35.4 Å². The van der Waals surface area contributed by atoms with Gasteiger partial charge >= 0.3 is 5.97 Å². The molecular weight excluding hydrogens is 350 g/mol. The lowest BCUT2D eigenvalue weighted by Gasteiger charge is -2.53. The molecule has 4 fully saturated rings. The van der Waals surface area contributed by atoms with Gasteiger partial charge in [-0.05, 0) is 86.2 Å². The summed E-state index contributed by atoms with van der Waals surface area (Å²) in [6.07, 6.45) is 9.30. The summed E-state index contributed by atoms with van der Waals surface area (Å²) >= 11 is 0. The SMILES string of the molecule is CN(C(=O)COC(=O)C1C2CC3CC(C2)CC1C3)[C@@H]1CCCc2ccccc21. The topological polar surface area (TPSA) is 46.6 Å². The average molecular weight is 382 g/mol. The molecule has 5 aliphatic carbocycles. The highest BCUT2D eigenvalue weighted by molar-refractivity contribution is 5.82. The standard InChI is InChI=1S/C24H31NO3/c1-25(21-8-4-6-17-5-2-3-7-20(17)21)22(26)14-28-24(27)23-18-10-15-9-16(12-18)13-19(23)11-15/h2-3,5,7,15-16,18-19,21,23H,4,6,8-14H2,1H3/t15?,16?,18?,19?,21-,23?/m1/s1. The highest BCUT2D eigenvalue weighted by Gasteiger charge is 2.51. The minimum atomic E-state index is -0.114. The van der Waals surface area contributed by atoms with Gasteiger partial charge in [-0.3, -0.25) is 9.59 Å². The van der Waals surface area contributed by atoms with Crippen molar-refractivity contribution in [1.29, 1.82) is 0 Å². The van der Waals surface area contributed by atoms with Crippen LogP contribution >= 0.6 is 0 Å². The van der Waals surface area contributed by atoms with Gasteiger partial charge in [-0.2, -0.15) is 0 Å². The second kappa shape index (κ2) is 7.20. The molecule has 0 radical (unpaired) electrons. The van der Waals surface area contributed by atoms with E-state index in [0.717, 1.165) is 31.1 Å². The molecule has 0 unspecified atom stereocenters. The predicted molar refractivity (Wildman–Crippen MR) is 106 cm³/mol. The lowest BCUT2D eigenvalue weighted by Crippen LogP contribution is -2.49. The van der Waals surface area contributed by atoms with Crippen LogP contribution in [0.4, 0.5) is 0 Å². The van der Waals surface area contributed by atoms with Crippen LogP contribution in [0, 0.1) is 29.6 Å². The molecule has 4 saturated carbocycles. The monoisotopic (exact) mass is 381 g/mol. The van der Waals surface area contributed by atoms with Crippen LogP contribution in [-0.4, -0.2) is 30.4 Å². The van der Waals surface area contributed by atoms with Gasteiger partial charge in [0.1, 0.15) is 0 Å². The maximum Gasteiger partial charge on any atom is 0.310 e. The Morgan fingerprint density at radius 2 is 1.71 bits per heavy atom. The first-order valence-corrected chi connectivity index (χ1v) is 11.1. The number of aryl methyl sites for hydroxylation is 1. The van der Waals surface area contributed by atoms with Gasteiger partial charge in [0.15, 0.2) is 6.61 Å². The molecule has 5 aliphatic rings. The highest BCUT2D eigenvalue weighted by atomic mass is 16.5. The lowest BCUT2D eigenvalue weighted by atomic mass is 9.52. The van der Waals surface area contributed by atoms with E-state index in [9.17, 15) is 9.59 Å². The number of ether oxygens (including phenoxy) is 1. The molecule has 4 nitrogen and oxygen atoms in total. The zero-order valence-electron chi connectivity index (χ0n) is 16.8. The van der Waals surface area contributed by atoms with Gasteiger partial charge in [0, 0.05) is 7.05 Å². The Balaban J connectivity index is 1.20. The number of benzene rings is 1. The van der Waals surface area contributed by atoms with Gasteiger partial charge in [0.05, 0.1) is 12.0 Å². The van der Waals surface area contributed by atoms with Crippen molar-refractivity contribution < 1.29 is 14.3 Å². The summed E-state index contributed by atoms with van der Waals surface area (Å²) in [7, 11) is 1.85. The van der Waals surface area contributed by atoms with E-state index in [-0.39, 0.29) is 30.4 Å². The van der Waals surface area contributed by atoms with Crippen molar-refractivity contribution in [3.8, 4) is 0 Å². The first kappa shape index (κ1) is 18.2. The Kier molecular flexibility index (Phi) is 4.68. The number of rotatable bonds is 4. The van der Waals surface area contributed by atoms with Crippen LogP contribution < -0.4 is 0 Å². The van der Waals surface area contributed by atoms with Gasteiger partial charge in [0.2, 0.25) is 0 Å². The number of hydrogen-bond acceptors (Lipinski definition) is 3. The fraction of sp³-hybridized carbons (Fsp3) is 0.667. The molecule has 0 aliphatic heterocycles. The number of amides is 1. The van der Waals surface area contributed by atoms with E-state index in [1.54, 1.807) is 4.90 Å². The molecule has 4 bridgehead atoms. The maximum absolute atomic E-state index is 12.8. The smallest absolute Gasteiger partial charge is 0.310 e. The van der Waals surface area contributed by atoms with Crippen molar-refractivity contribution in [1.82, 2.24) is 4.90 Å². The van der Waals surface area contributed by atoms with Gasteiger partial charge < -0.3 is 9.64 Å². The molecule has 0 N–H and O–H groups in total. The van der Waals surface area contributed by atoms with Crippen LogP contribution in [0.5, 0.6) is 0 Å². The van der Waals surface area contributed by atoms with Gasteiger partial charge in [-0.15, -0.1) is 0 Å². The Labute approximate surface area is 167 Å². The second-order valence-corrected chi connectivity index (χ2v) is 9.68. The minimum Gasteiger partial charge on any atom is -0.455 e. The number of likely N-dealkylation sites (N-methyl/N-ethyl adjacent to an activating group) is 1. The molecule has 28 heavy (non-hydrogen) atoms. The van der Waals surface area contributed by atoms with E-state index in [4.69, 9.17) is 4.74 Å². The molecule has 6 rings (SSSR count). The lowest BCUT2D eigenvalue weighted by molar-refractivity contribution is -0.166. The van der Waals surface area contributed by atoms with E-state index < -0.39 is 0 Å². The summed E-state index contributed by atoms with van der Waals surface area (Å²) in [5, 5.41) is 0. The molecular formula is C24H31NO3. The van der Waals surface area contributed by atoms with E-state index in [1.807, 2.05) is 13.1 Å². The van der Waals surface area contributed by atoms with Crippen molar-refractivity contribution >= 4 is 11.9 Å². The van der Waals surface area contributed by atoms with E-state index >= 15 is 0 Å². The zero-order valence-corrected chi connectivity index (χ0v) is 16.8. The number of esters is 1. The van der Waals surface area contributed by atoms with Crippen LogP contribution in [0.25, 0.3) is 0 Å². The summed E-state index contributed by atoms with van der Waals surface area (Å²) in [6.45, 7) is -0.114. The molecule has 1 aromatic carbocycles. The quantitative estimate of drug-likeness (QED) is 0.737. The van der Waals surface area contributed by atoms with Gasteiger partial charge in [0.25, 0.3) is 5.91 Å².